The monoisotopic (exact) mass is 423 g/mol. The second kappa shape index (κ2) is 8.77. The molecule has 4 aromatic rings. The van der Waals surface area contributed by atoms with Crippen molar-refractivity contribution in [2.75, 3.05) is 24.5 Å². The van der Waals surface area contributed by atoms with E-state index in [1.54, 1.807) is 30.1 Å². The average Bonchev–Trinajstić information content (AvgIpc) is 2.87. The predicted molar refractivity (Wildman–Crippen MR) is 128 cm³/mol. The first-order chi connectivity index (χ1) is 15.7. The molecule has 3 heterocycles. The van der Waals surface area contributed by atoms with Crippen LogP contribution < -0.4 is 15.8 Å². The van der Waals surface area contributed by atoms with E-state index in [0.717, 1.165) is 25.2 Å². The standard InChI is InChI=1S/C26H25N5O/c1-30-25(32)17-23(22-11-13-27-14-12-22)29-26(30)31-16-15-28-24(18-31)21-9-7-20(8-10-21)19-5-3-2-4-6-19/h2-14,17,24,28H,15-16,18H2,1H3. The third-order valence-electron chi connectivity index (χ3n) is 5.97. The van der Waals surface area contributed by atoms with Crippen molar-refractivity contribution in [1.82, 2.24) is 19.9 Å². The lowest BCUT2D eigenvalue weighted by molar-refractivity contribution is 0.462. The zero-order chi connectivity index (χ0) is 21.9. The molecule has 5 rings (SSSR count). The molecular weight excluding hydrogens is 398 g/mol. The summed E-state index contributed by atoms with van der Waals surface area (Å²) in [5.74, 6) is 0.691. The first-order valence-electron chi connectivity index (χ1n) is 10.8. The van der Waals surface area contributed by atoms with Gasteiger partial charge in [0.05, 0.1) is 5.69 Å². The van der Waals surface area contributed by atoms with Gasteiger partial charge in [0.15, 0.2) is 0 Å². The van der Waals surface area contributed by atoms with Gasteiger partial charge in [0.1, 0.15) is 0 Å². The van der Waals surface area contributed by atoms with Gasteiger partial charge < -0.3 is 10.2 Å². The van der Waals surface area contributed by atoms with Gasteiger partial charge in [-0.25, -0.2) is 4.98 Å². The highest BCUT2D eigenvalue weighted by molar-refractivity contribution is 5.63. The lowest BCUT2D eigenvalue weighted by atomic mass is 9.99. The molecule has 2 aromatic carbocycles. The van der Waals surface area contributed by atoms with Crippen LogP contribution in [0, 0.1) is 0 Å². The fourth-order valence-electron chi connectivity index (χ4n) is 4.17. The molecule has 32 heavy (non-hydrogen) atoms. The van der Waals surface area contributed by atoms with Crippen LogP contribution in [0.15, 0.2) is 90.0 Å². The molecule has 1 aliphatic rings. The molecular formula is C26H25N5O. The van der Waals surface area contributed by atoms with Crippen molar-refractivity contribution in [1.29, 1.82) is 0 Å². The van der Waals surface area contributed by atoms with Crippen molar-refractivity contribution < 1.29 is 0 Å². The maximum absolute atomic E-state index is 12.7. The minimum absolute atomic E-state index is 0.0656. The van der Waals surface area contributed by atoms with Crippen LogP contribution in [-0.2, 0) is 7.05 Å². The second-order valence-electron chi connectivity index (χ2n) is 8.02. The molecule has 1 fully saturated rings. The van der Waals surface area contributed by atoms with Crippen molar-refractivity contribution >= 4 is 5.95 Å². The fourth-order valence-corrected chi connectivity index (χ4v) is 4.17. The van der Waals surface area contributed by atoms with Crippen LogP contribution in [0.25, 0.3) is 22.4 Å². The van der Waals surface area contributed by atoms with Gasteiger partial charge in [0.2, 0.25) is 5.95 Å². The topological polar surface area (TPSA) is 63.1 Å². The van der Waals surface area contributed by atoms with E-state index in [9.17, 15) is 4.79 Å². The molecule has 6 nitrogen and oxygen atoms in total. The van der Waals surface area contributed by atoms with Crippen LogP contribution in [0.5, 0.6) is 0 Å². The Labute approximate surface area is 187 Å². The Balaban J connectivity index is 1.41. The maximum atomic E-state index is 12.7. The number of anilines is 1. The predicted octanol–water partition coefficient (Wildman–Crippen LogP) is 3.66. The number of hydrogen-bond acceptors (Lipinski definition) is 5. The Hall–Kier alpha value is -3.77. The number of pyridine rings is 1. The van der Waals surface area contributed by atoms with Gasteiger partial charge in [0.25, 0.3) is 5.56 Å². The number of aromatic nitrogens is 3. The molecule has 0 spiro atoms. The third-order valence-corrected chi connectivity index (χ3v) is 5.97. The lowest BCUT2D eigenvalue weighted by Crippen LogP contribution is -2.47. The number of hydrogen-bond donors (Lipinski definition) is 1. The fraction of sp³-hybridized carbons (Fsp3) is 0.192. The van der Waals surface area contributed by atoms with E-state index in [1.165, 1.54) is 16.7 Å². The van der Waals surface area contributed by atoms with Crippen LogP contribution in [0.4, 0.5) is 5.95 Å². The molecule has 0 bridgehead atoms. The summed E-state index contributed by atoms with van der Waals surface area (Å²) in [7, 11) is 1.78. The van der Waals surface area contributed by atoms with E-state index in [4.69, 9.17) is 4.98 Å². The van der Waals surface area contributed by atoms with Crippen LogP contribution in [0.3, 0.4) is 0 Å². The van der Waals surface area contributed by atoms with Crippen LogP contribution in [0.2, 0.25) is 0 Å². The molecule has 6 heteroatoms. The van der Waals surface area contributed by atoms with Crippen molar-refractivity contribution in [2.24, 2.45) is 7.05 Å². The van der Waals surface area contributed by atoms with Gasteiger partial charge >= 0.3 is 0 Å². The summed E-state index contributed by atoms with van der Waals surface area (Å²) in [5.41, 5.74) is 5.14. The minimum atomic E-state index is -0.0656. The average molecular weight is 424 g/mol. The SMILES string of the molecule is Cn1c(N2CCNC(c3ccc(-c4ccccc4)cc3)C2)nc(-c2ccncc2)cc1=O. The van der Waals surface area contributed by atoms with E-state index < -0.39 is 0 Å². The summed E-state index contributed by atoms with van der Waals surface area (Å²) in [6.07, 6.45) is 3.43. The van der Waals surface area contributed by atoms with Gasteiger partial charge in [-0.2, -0.15) is 0 Å². The summed E-state index contributed by atoms with van der Waals surface area (Å²) in [6.45, 7) is 2.35. The summed E-state index contributed by atoms with van der Waals surface area (Å²) in [4.78, 5) is 23.8. The molecule has 0 saturated carbocycles. The Morgan fingerprint density at radius 3 is 2.38 bits per heavy atom. The highest BCUT2D eigenvalue weighted by Gasteiger charge is 2.24. The van der Waals surface area contributed by atoms with E-state index in [0.29, 0.717) is 11.6 Å². The van der Waals surface area contributed by atoms with E-state index in [1.807, 2.05) is 18.2 Å². The van der Waals surface area contributed by atoms with E-state index in [-0.39, 0.29) is 11.6 Å². The number of nitrogens with zero attached hydrogens (tertiary/aromatic N) is 4. The molecule has 0 amide bonds. The van der Waals surface area contributed by atoms with Crippen molar-refractivity contribution in [3.63, 3.8) is 0 Å². The Morgan fingerprint density at radius 2 is 1.62 bits per heavy atom. The number of rotatable bonds is 4. The molecule has 0 radical (unpaired) electrons. The maximum Gasteiger partial charge on any atom is 0.255 e. The molecule has 1 saturated heterocycles. The Morgan fingerprint density at radius 1 is 0.906 bits per heavy atom. The molecule has 1 N–H and O–H groups in total. The van der Waals surface area contributed by atoms with Gasteiger partial charge in [-0.1, -0.05) is 54.6 Å². The van der Waals surface area contributed by atoms with Crippen LogP contribution in [-0.4, -0.2) is 34.2 Å². The van der Waals surface area contributed by atoms with Gasteiger partial charge in [-0.05, 0) is 28.8 Å². The molecule has 1 atom stereocenters. The number of benzene rings is 2. The van der Waals surface area contributed by atoms with Crippen molar-refractivity contribution in [3.8, 4) is 22.4 Å². The normalized spacial score (nSPS) is 16.2. The summed E-state index contributed by atoms with van der Waals surface area (Å²) in [6, 6.07) is 24.6. The van der Waals surface area contributed by atoms with Gasteiger partial charge in [0, 0.05) is 56.7 Å². The van der Waals surface area contributed by atoms with E-state index >= 15 is 0 Å². The van der Waals surface area contributed by atoms with Crippen LogP contribution in [0.1, 0.15) is 11.6 Å². The summed E-state index contributed by atoms with van der Waals surface area (Å²) >= 11 is 0. The molecule has 1 unspecified atom stereocenters. The van der Waals surface area contributed by atoms with Crippen LogP contribution >= 0.6 is 0 Å². The van der Waals surface area contributed by atoms with E-state index in [2.05, 4.69) is 63.7 Å². The summed E-state index contributed by atoms with van der Waals surface area (Å²) < 4.78 is 1.63. The largest absolute Gasteiger partial charge is 0.339 e. The molecule has 2 aromatic heterocycles. The minimum Gasteiger partial charge on any atom is -0.339 e. The van der Waals surface area contributed by atoms with Crippen molar-refractivity contribution in [2.45, 2.75) is 6.04 Å². The Bertz CT molecular complexity index is 1250. The highest BCUT2D eigenvalue weighted by atomic mass is 16.1. The highest BCUT2D eigenvalue weighted by Crippen LogP contribution is 2.25. The van der Waals surface area contributed by atoms with Crippen molar-refractivity contribution in [3.05, 3.63) is 101 Å². The first kappa shape index (κ1) is 20.2. The lowest BCUT2D eigenvalue weighted by Gasteiger charge is -2.35. The zero-order valence-corrected chi connectivity index (χ0v) is 18.0. The first-order valence-corrected chi connectivity index (χ1v) is 10.8. The smallest absolute Gasteiger partial charge is 0.255 e. The molecule has 1 aliphatic heterocycles. The molecule has 0 aliphatic carbocycles. The second-order valence-corrected chi connectivity index (χ2v) is 8.02. The molecule has 160 valence electrons. The van der Waals surface area contributed by atoms with Gasteiger partial charge in [-0.3, -0.25) is 14.3 Å². The number of piperazine rings is 1. The van der Waals surface area contributed by atoms with Gasteiger partial charge in [-0.15, -0.1) is 0 Å². The summed E-state index contributed by atoms with van der Waals surface area (Å²) in [5, 5.41) is 3.61. The zero-order valence-electron chi connectivity index (χ0n) is 18.0. The quantitative estimate of drug-likeness (QED) is 0.543. The Kier molecular flexibility index (Phi) is 5.52. The third kappa shape index (κ3) is 4.05. The number of nitrogens with one attached hydrogen (secondary N) is 1.